The van der Waals surface area contributed by atoms with Crippen LogP contribution in [0.3, 0.4) is 0 Å². The number of aliphatic hydroxyl groups is 3. The van der Waals surface area contributed by atoms with Crippen molar-refractivity contribution in [1.82, 2.24) is 5.32 Å². The van der Waals surface area contributed by atoms with Crippen LogP contribution in [0.15, 0.2) is 83.5 Å². The lowest BCUT2D eigenvalue weighted by atomic mass is 9.44. The fraction of sp³-hybridized carbons (Fsp3) is 0.542. The third-order valence-electron chi connectivity index (χ3n) is 13.2. The minimum absolute atomic E-state index is 0.0308. The number of carbonyl (C=O) groups excluding carboxylic acids is 6. The van der Waals surface area contributed by atoms with E-state index in [9.17, 15) is 39.3 Å². The van der Waals surface area contributed by atoms with Crippen LogP contribution in [-0.2, 0) is 42.8 Å². The number of hydrogen-bond acceptors (Lipinski definition) is 15. The molecule has 2 aromatic rings. The fourth-order valence-corrected chi connectivity index (χ4v) is 9.97. The molecule has 2 aromatic carbocycles. The number of Topliss-reactive ketones (excluding diaryl/α,β-unsaturated/α-hetero) is 1. The molecule has 1 saturated heterocycles. The first-order valence-electron chi connectivity index (χ1n) is 21.3. The fourth-order valence-electron chi connectivity index (χ4n) is 9.97. The first-order chi connectivity index (χ1) is 29.8. The van der Waals surface area contributed by atoms with Crippen molar-refractivity contribution in [3.8, 4) is 0 Å². The lowest BCUT2D eigenvalue weighted by molar-refractivity contribution is -0.345. The van der Waals surface area contributed by atoms with E-state index in [-0.39, 0.29) is 35.3 Å². The molecular formula is C48H59NO15. The first kappa shape index (κ1) is 48.0. The molecule has 4 N–H and O–H groups in total. The molecule has 0 spiro atoms. The van der Waals surface area contributed by atoms with Gasteiger partial charge in [0, 0.05) is 25.2 Å². The van der Waals surface area contributed by atoms with Gasteiger partial charge in [0.1, 0.15) is 29.5 Å². The molecule has 2 saturated carbocycles. The highest BCUT2D eigenvalue weighted by atomic mass is 16.6. The van der Waals surface area contributed by atoms with E-state index in [1.807, 2.05) is 0 Å². The van der Waals surface area contributed by atoms with E-state index in [2.05, 4.69) is 5.32 Å². The quantitative estimate of drug-likeness (QED) is 0.144. The second-order valence-electron chi connectivity index (χ2n) is 19.2. The van der Waals surface area contributed by atoms with Gasteiger partial charge in [-0.15, -0.1) is 0 Å². The minimum atomic E-state index is -2.43. The van der Waals surface area contributed by atoms with Crippen molar-refractivity contribution in [1.29, 1.82) is 0 Å². The van der Waals surface area contributed by atoms with Crippen LogP contribution in [0, 0.1) is 16.7 Å². The number of carbonyl (C=O) groups is 6. The van der Waals surface area contributed by atoms with Crippen LogP contribution in [0.4, 0.5) is 4.79 Å². The molecule has 6 rings (SSSR count). The molecule has 2 bridgehead atoms. The number of alkyl carbamates (subject to hydrolysis) is 1. The second-order valence-corrected chi connectivity index (χ2v) is 19.2. The average molecular weight is 890 g/mol. The lowest BCUT2D eigenvalue weighted by Crippen LogP contribution is -2.82. The summed E-state index contributed by atoms with van der Waals surface area (Å²) in [5.74, 6) is -6.40. The number of nitrogens with one attached hydrogen (secondary N) is 1. The summed E-state index contributed by atoms with van der Waals surface area (Å²) in [6.07, 6.45) is -10.3. The van der Waals surface area contributed by atoms with Crippen LogP contribution in [0.5, 0.6) is 0 Å². The summed E-state index contributed by atoms with van der Waals surface area (Å²) >= 11 is 0. The Bertz CT molecular complexity index is 2230. The van der Waals surface area contributed by atoms with Crippen LogP contribution in [0.25, 0.3) is 0 Å². The van der Waals surface area contributed by atoms with Crippen LogP contribution >= 0.6 is 0 Å². The van der Waals surface area contributed by atoms with Crippen molar-refractivity contribution < 1.29 is 72.5 Å². The lowest BCUT2D eigenvalue weighted by Gasteiger charge is -2.67. The smallest absolute Gasteiger partial charge is 0.408 e. The van der Waals surface area contributed by atoms with Gasteiger partial charge < -0.3 is 49.1 Å². The average Bonchev–Trinajstić information content (AvgIpc) is 3.20. The number of rotatable bonds is 10. The maximum absolute atomic E-state index is 15.8. The molecule has 4 aliphatic rings. The molecule has 3 fully saturated rings. The van der Waals surface area contributed by atoms with Gasteiger partial charge in [-0.3, -0.25) is 9.59 Å². The molecule has 0 unspecified atom stereocenters. The van der Waals surface area contributed by atoms with Crippen molar-refractivity contribution in [3.05, 3.63) is 94.6 Å². The number of amides is 1. The van der Waals surface area contributed by atoms with Gasteiger partial charge in [0.05, 0.1) is 41.2 Å². The largest absolute Gasteiger partial charge is 0.456 e. The maximum atomic E-state index is 15.8. The van der Waals surface area contributed by atoms with E-state index in [4.69, 9.17) is 28.4 Å². The molecule has 346 valence electrons. The summed E-state index contributed by atoms with van der Waals surface area (Å²) in [4.78, 5) is 84.4. The van der Waals surface area contributed by atoms with Crippen LogP contribution < -0.4 is 5.32 Å². The van der Waals surface area contributed by atoms with Crippen molar-refractivity contribution >= 4 is 35.8 Å². The zero-order valence-corrected chi connectivity index (χ0v) is 37.8. The topological polar surface area (TPSA) is 231 Å². The highest BCUT2D eigenvalue weighted by molar-refractivity contribution is 5.98. The summed E-state index contributed by atoms with van der Waals surface area (Å²) in [6, 6.07) is 14.3. The molecule has 16 heteroatoms. The van der Waals surface area contributed by atoms with E-state index >= 15 is 4.79 Å². The monoisotopic (exact) mass is 889 g/mol. The predicted octanol–water partition coefficient (Wildman–Crippen LogP) is 4.72. The summed E-state index contributed by atoms with van der Waals surface area (Å²) < 4.78 is 36.1. The number of benzene rings is 2. The van der Waals surface area contributed by atoms with E-state index in [1.54, 1.807) is 84.9 Å². The van der Waals surface area contributed by atoms with Gasteiger partial charge >= 0.3 is 30.0 Å². The third-order valence-corrected chi connectivity index (χ3v) is 13.2. The van der Waals surface area contributed by atoms with Gasteiger partial charge in [-0.2, -0.15) is 0 Å². The van der Waals surface area contributed by atoms with Gasteiger partial charge in [0.15, 0.2) is 23.6 Å². The van der Waals surface area contributed by atoms with Gasteiger partial charge in [-0.1, -0.05) is 61.9 Å². The van der Waals surface area contributed by atoms with E-state index < -0.39 is 118 Å². The molecule has 64 heavy (non-hydrogen) atoms. The molecule has 1 heterocycles. The Labute approximate surface area is 372 Å². The van der Waals surface area contributed by atoms with E-state index in [1.165, 1.54) is 44.2 Å². The van der Waals surface area contributed by atoms with Crippen molar-refractivity contribution in [2.24, 2.45) is 16.7 Å². The van der Waals surface area contributed by atoms with Crippen LogP contribution in [-0.4, -0.2) is 117 Å². The summed E-state index contributed by atoms with van der Waals surface area (Å²) in [7, 11) is 0. The molecule has 16 nitrogen and oxygen atoms in total. The molecular weight excluding hydrogens is 831 g/mol. The third kappa shape index (κ3) is 8.60. The molecule has 11 atom stereocenters. The Balaban J connectivity index is 1.57. The Morgan fingerprint density at radius 3 is 1.95 bits per heavy atom. The Kier molecular flexibility index (Phi) is 13.2. The van der Waals surface area contributed by atoms with Crippen molar-refractivity contribution in [3.63, 3.8) is 0 Å². The second kappa shape index (κ2) is 17.5. The van der Waals surface area contributed by atoms with Gasteiger partial charge in [0.25, 0.3) is 0 Å². The zero-order valence-electron chi connectivity index (χ0n) is 37.8. The number of fused-ring (bicyclic) bond motifs is 5. The summed E-state index contributed by atoms with van der Waals surface area (Å²) in [5, 5.41) is 40.1. The van der Waals surface area contributed by atoms with Gasteiger partial charge in [-0.25, -0.2) is 19.2 Å². The Hall–Kier alpha value is -5.42. The number of ketones is 1. The minimum Gasteiger partial charge on any atom is -0.456 e. The number of hydrogen-bond donors (Lipinski definition) is 4. The highest BCUT2D eigenvalue weighted by Gasteiger charge is 2.78. The van der Waals surface area contributed by atoms with Gasteiger partial charge in [-0.05, 0) is 83.9 Å². The molecule has 1 amide bonds. The number of allylic oxidation sites excluding steroid dienone is 1. The van der Waals surface area contributed by atoms with E-state index in [0.717, 1.165) is 6.92 Å². The summed E-state index contributed by atoms with van der Waals surface area (Å²) in [6.45, 7) is 15.2. The number of esters is 4. The number of aliphatic hydroxyl groups excluding tert-OH is 2. The van der Waals surface area contributed by atoms with Gasteiger partial charge in [0.2, 0.25) is 0 Å². The molecule has 0 radical (unpaired) electrons. The van der Waals surface area contributed by atoms with Crippen molar-refractivity contribution in [2.45, 2.75) is 142 Å². The van der Waals surface area contributed by atoms with Crippen molar-refractivity contribution in [2.75, 3.05) is 6.61 Å². The predicted molar refractivity (Wildman–Crippen MR) is 227 cm³/mol. The zero-order chi connectivity index (χ0) is 47.3. The normalized spacial score (nSPS) is 31.4. The highest BCUT2D eigenvalue weighted by Crippen LogP contribution is 2.64. The number of ether oxygens (including phenoxy) is 6. The standard InChI is InChI=1S/C48H59NO15/c1-25(2)21-30(49-43(57)64-44(5,6)7)35(52)42(56)60-31-23-48(58)39(62-41(55)29-19-15-12-16-20-29)37-46(10,32(51)22-33-47(37,24-59-33)63-27(4)50)38(53)36(34(26(31)3)45(48,8)9)61-40(54)28-17-13-11-14-18-28/h11-21,30-33,35-37,39,51-52,58H,22-24H2,1-10H3,(H,49,57)/t30-,31-,32-,33+,35+,36+,37-,39-,46+,47-,48+/m0/s1. The summed E-state index contributed by atoms with van der Waals surface area (Å²) in [5.41, 5.74) is -8.10. The maximum Gasteiger partial charge on any atom is 0.408 e. The molecule has 3 aliphatic carbocycles. The first-order valence-corrected chi connectivity index (χ1v) is 21.3. The molecule has 0 aromatic heterocycles. The Morgan fingerprint density at radius 1 is 0.891 bits per heavy atom. The SMILES string of the molecule is CC(=O)O[C@@]12CO[C@@H]1C[C@H](O)[C@@]1(C)C(=O)[C@H](OC(=O)c3ccccc3)C3=C(C)[C@@H](OC(=O)[C@H](O)[C@H](C=C(C)C)NC(=O)OC(C)(C)C)C[C@@](O)([C@@H](OC(=O)c4ccccc4)[C@H]21)C3(C)C. The molecule has 1 aliphatic heterocycles. The van der Waals surface area contributed by atoms with E-state index in [0.29, 0.717) is 5.57 Å². The Morgan fingerprint density at radius 2 is 1.45 bits per heavy atom. The van der Waals surface area contributed by atoms with Crippen LogP contribution in [0.2, 0.25) is 0 Å². The van der Waals surface area contributed by atoms with Crippen LogP contribution in [0.1, 0.15) is 103 Å².